The summed E-state index contributed by atoms with van der Waals surface area (Å²) in [5, 5.41) is 12.3. The van der Waals surface area contributed by atoms with Crippen LogP contribution in [0.15, 0.2) is 0 Å². The van der Waals surface area contributed by atoms with Crippen molar-refractivity contribution in [3.05, 3.63) is 0 Å². The quantitative estimate of drug-likeness (QED) is 0.779. The van der Waals surface area contributed by atoms with Crippen LogP contribution in [-0.2, 0) is 9.59 Å². The first-order chi connectivity index (χ1) is 8.50. The first kappa shape index (κ1) is 15.3. The van der Waals surface area contributed by atoms with E-state index in [-0.39, 0.29) is 11.8 Å². The van der Waals surface area contributed by atoms with E-state index in [0.29, 0.717) is 11.0 Å². The molecule has 0 aromatic rings. The van der Waals surface area contributed by atoms with Gasteiger partial charge in [0, 0.05) is 0 Å². The van der Waals surface area contributed by atoms with E-state index in [1.807, 2.05) is 13.8 Å². The number of aliphatic carboxylic acids is 1. The van der Waals surface area contributed by atoms with Crippen LogP contribution in [0.25, 0.3) is 0 Å². The molecule has 0 aromatic heterocycles. The molecule has 0 saturated heterocycles. The van der Waals surface area contributed by atoms with Crippen LogP contribution in [0.5, 0.6) is 0 Å². The summed E-state index contributed by atoms with van der Waals surface area (Å²) in [7, 11) is 0. The molecule has 1 aliphatic rings. The van der Waals surface area contributed by atoms with Crippen LogP contribution in [0.3, 0.4) is 0 Å². The third kappa shape index (κ3) is 5.29. The van der Waals surface area contributed by atoms with Gasteiger partial charge >= 0.3 is 5.97 Å². The number of carbonyl (C=O) groups is 2. The molecule has 0 spiro atoms. The molecule has 0 heterocycles. The molecular weight excluding hydrogens is 250 g/mol. The van der Waals surface area contributed by atoms with Crippen LogP contribution in [0, 0.1) is 5.92 Å². The summed E-state index contributed by atoms with van der Waals surface area (Å²) in [4.78, 5) is 23.0. The van der Waals surface area contributed by atoms with E-state index in [1.54, 1.807) is 0 Å². The maximum absolute atomic E-state index is 11.7. The molecule has 0 aromatic carbocycles. The fourth-order valence-electron chi connectivity index (χ4n) is 2.31. The fourth-order valence-corrected chi connectivity index (χ4v) is 2.87. The zero-order valence-corrected chi connectivity index (χ0v) is 12.0. The molecule has 0 aliphatic heterocycles. The number of thioether (sulfide) groups is 1. The summed E-state index contributed by atoms with van der Waals surface area (Å²) in [5.41, 5.74) is 0. The Hall–Kier alpha value is -0.710. The summed E-state index contributed by atoms with van der Waals surface area (Å²) in [5.74, 6) is -0.616. The summed E-state index contributed by atoms with van der Waals surface area (Å²) >= 11 is 1.53. The van der Waals surface area contributed by atoms with Crippen molar-refractivity contribution in [3.63, 3.8) is 0 Å². The van der Waals surface area contributed by atoms with Crippen molar-refractivity contribution in [1.82, 2.24) is 5.32 Å². The number of rotatable bonds is 6. The van der Waals surface area contributed by atoms with E-state index >= 15 is 0 Å². The third-order valence-electron chi connectivity index (χ3n) is 3.25. The Morgan fingerprint density at radius 2 is 1.89 bits per heavy atom. The highest BCUT2D eigenvalue weighted by atomic mass is 32.2. The van der Waals surface area contributed by atoms with E-state index < -0.39 is 12.0 Å². The minimum atomic E-state index is -0.898. The SMILES string of the molecule is CC(C)SCC(=O)NC(C(=O)O)C1CCCCC1. The first-order valence-electron chi connectivity index (χ1n) is 6.64. The summed E-state index contributed by atoms with van der Waals surface area (Å²) in [6.07, 6.45) is 5.15. The normalized spacial score (nSPS) is 18.6. The van der Waals surface area contributed by atoms with Gasteiger partial charge in [-0.1, -0.05) is 33.1 Å². The van der Waals surface area contributed by atoms with Crippen LogP contribution in [0.1, 0.15) is 46.0 Å². The second kappa shape index (κ2) is 7.67. The topological polar surface area (TPSA) is 66.4 Å². The monoisotopic (exact) mass is 273 g/mol. The van der Waals surface area contributed by atoms with Gasteiger partial charge < -0.3 is 10.4 Å². The van der Waals surface area contributed by atoms with E-state index in [1.165, 1.54) is 18.2 Å². The van der Waals surface area contributed by atoms with Gasteiger partial charge in [-0.3, -0.25) is 4.79 Å². The number of carboxylic acids is 1. The predicted molar refractivity (Wildman–Crippen MR) is 73.7 cm³/mol. The molecule has 1 rings (SSSR count). The van der Waals surface area contributed by atoms with Gasteiger partial charge in [0.05, 0.1) is 5.75 Å². The van der Waals surface area contributed by atoms with Crippen molar-refractivity contribution in [2.75, 3.05) is 5.75 Å². The Labute approximate surface area is 113 Å². The largest absolute Gasteiger partial charge is 0.480 e. The lowest BCUT2D eigenvalue weighted by molar-refractivity contribution is -0.143. The molecule has 1 amide bonds. The summed E-state index contributed by atoms with van der Waals surface area (Å²) in [6, 6.07) is -0.703. The number of carboxylic acid groups (broad SMARTS) is 1. The standard InChI is InChI=1S/C13H23NO3S/c1-9(2)18-8-11(15)14-12(13(16)17)10-6-4-3-5-7-10/h9-10,12H,3-8H2,1-2H3,(H,14,15)(H,16,17). The molecule has 1 aliphatic carbocycles. The second-order valence-corrected chi connectivity index (χ2v) is 6.71. The van der Waals surface area contributed by atoms with Crippen molar-refractivity contribution in [2.24, 2.45) is 5.92 Å². The number of carbonyl (C=O) groups excluding carboxylic acids is 1. The zero-order chi connectivity index (χ0) is 13.5. The van der Waals surface area contributed by atoms with Crippen LogP contribution in [-0.4, -0.2) is 34.0 Å². The van der Waals surface area contributed by atoms with Crippen molar-refractivity contribution in [1.29, 1.82) is 0 Å². The van der Waals surface area contributed by atoms with Crippen molar-refractivity contribution in [3.8, 4) is 0 Å². The Kier molecular flexibility index (Phi) is 6.54. The minimum Gasteiger partial charge on any atom is -0.480 e. The number of nitrogens with one attached hydrogen (secondary N) is 1. The Bertz CT molecular complexity index is 288. The number of hydrogen-bond acceptors (Lipinski definition) is 3. The van der Waals surface area contributed by atoms with Crippen molar-refractivity contribution in [2.45, 2.75) is 57.2 Å². The molecule has 0 radical (unpaired) electrons. The second-order valence-electron chi connectivity index (χ2n) is 5.14. The maximum atomic E-state index is 11.7. The smallest absolute Gasteiger partial charge is 0.326 e. The van der Waals surface area contributed by atoms with Crippen LogP contribution < -0.4 is 5.32 Å². The van der Waals surface area contributed by atoms with E-state index in [0.717, 1.165) is 25.7 Å². The first-order valence-corrected chi connectivity index (χ1v) is 7.69. The van der Waals surface area contributed by atoms with Crippen LogP contribution in [0.2, 0.25) is 0 Å². The summed E-state index contributed by atoms with van der Waals surface area (Å²) < 4.78 is 0. The lowest BCUT2D eigenvalue weighted by atomic mass is 9.84. The maximum Gasteiger partial charge on any atom is 0.326 e. The van der Waals surface area contributed by atoms with Crippen LogP contribution in [0.4, 0.5) is 0 Å². The van der Waals surface area contributed by atoms with Gasteiger partial charge in [0.15, 0.2) is 0 Å². The van der Waals surface area contributed by atoms with Crippen molar-refractivity contribution >= 4 is 23.6 Å². The third-order valence-corrected chi connectivity index (χ3v) is 4.35. The zero-order valence-electron chi connectivity index (χ0n) is 11.1. The Morgan fingerprint density at radius 1 is 1.28 bits per heavy atom. The molecule has 1 fully saturated rings. The van der Waals surface area contributed by atoms with E-state index in [4.69, 9.17) is 0 Å². The van der Waals surface area contributed by atoms with Crippen LogP contribution >= 0.6 is 11.8 Å². The lowest BCUT2D eigenvalue weighted by Crippen LogP contribution is -2.47. The molecule has 1 saturated carbocycles. The number of hydrogen-bond donors (Lipinski definition) is 2. The molecule has 5 heteroatoms. The predicted octanol–water partition coefficient (Wildman–Crippen LogP) is 2.28. The Balaban J connectivity index is 2.46. The highest BCUT2D eigenvalue weighted by molar-refractivity contribution is 8.00. The minimum absolute atomic E-state index is 0.101. The molecule has 1 unspecified atom stereocenters. The Morgan fingerprint density at radius 3 is 2.39 bits per heavy atom. The van der Waals surface area contributed by atoms with Gasteiger partial charge in [-0.15, -0.1) is 11.8 Å². The molecular formula is C13H23NO3S. The van der Waals surface area contributed by atoms with Crippen molar-refractivity contribution < 1.29 is 14.7 Å². The highest BCUT2D eigenvalue weighted by Gasteiger charge is 2.30. The van der Waals surface area contributed by atoms with Gasteiger partial charge in [0.1, 0.15) is 6.04 Å². The molecule has 104 valence electrons. The molecule has 18 heavy (non-hydrogen) atoms. The molecule has 4 nitrogen and oxygen atoms in total. The average Bonchev–Trinajstić information content (AvgIpc) is 2.34. The van der Waals surface area contributed by atoms with Gasteiger partial charge in [-0.25, -0.2) is 4.79 Å². The average molecular weight is 273 g/mol. The van der Waals surface area contributed by atoms with Gasteiger partial charge in [-0.05, 0) is 24.0 Å². The van der Waals surface area contributed by atoms with E-state index in [2.05, 4.69) is 5.32 Å². The highest BCUT2D eigenvalue weighted by Crippen LogP contribution is 2.26. The molecule has 2 N–H and O–H groups in total. The van der Waals surface area contributed by atoms with Gasteiger partial charge in [-0.2, -0.15) is 0 Å². The van der Waals surface area contributed by atoms with Gasteiger partial charge in [0.2, 0.25) is 5.91 Å². The number of amides is 1. The van der Waals surface area contributed by atoms with Gasteiger partial charge in [0.25, 0.3) is 0 Å². The molecule has 1 atom stereocenters. The molecule has 0 bridgehead atoms. The lowest BCUT2D eigenvalue weighted by Gasteiger charge is -2.28. The summed E-state index contributed by atoms with van der Waals surface area (Å²) in [6.45, 7) is 4.04. The fraction of sp³-hybridized carbons (Fsp3) is 0.846. The van der Waals surface area contributed by atoms with E-state index in [9.17, 15) is 14.7 Å².